The molecule has 0 fully saturated rings. The molecule has 0 N–H and O–H groups in total. The van der Waals surface area contributed by atoms with E-state index in [1.807, 2.05) is 6.92 Å². The van der Waals surface area contributed by atoms with E-state index in [0.29, 0.717) is 12.3 Å². The smallest absolute Gasteiger partial charge is 0.216 e. The van der Waals surface area contributed by atoms with Crippen LogP contribution in [0.25, 0.3) is 0 Å². The molecule has 1 aromatic heterocycles. The minimum absolute atomic E-state index is 0.0998. The minimum Gasteiger partial charge on any atom is -0.493 e. The molecule has 0 aliphatic rings. The molecule has 106 valence electrons. The van der Waals surface area contributed by atoms with Gasteiger partial charge in [-0.05, 0) is 18.6 Å². The summed E-state index contributed by atoms with van der Waals surface area (Å²) in [7, 11) is 1.46. The number of ether oxygens (including phenoxy) is 1. The summed E-state index contributed by atoms with van der Waals surface area (Å²) in [6, 6.07) is 4.14. The van der Waals surface area contributed by atoms with Gasteiger partial charge in [0.25, 0.3) is 0 Å². The van der Waals surface area contributed by atoms with Crippen LogP contribution in [0.2, 0.25) is 5.02 Å². The lowest BCUT2D eigenvalue weighted by molar-refractivity contribution is 0.102. The van der Waals surface area contributed by atoms with Gasteiger partial charge in [-0.1, -0.05) is 24.6 Å². The van der Waals surface area contributed by atoms with E-state index in [4.69, 9.17) is 16.3 Å². The van der Waals surface area contributed by atoms with Crippen LogP contribution in [0.4, 0.5) is 4.39 Å². The maximum absolute atomic E-state index is 13.5. The summed E-state index contributed by atoms with van der Waals surface area (Å²) < 4.78 is 20.2. The van der Waals surface area contributed by atoms with Gasteiger partial charge in [0, 0.05) is 12.1 Å². The maximum Gasteiger partial charge on any atom is 0.216 e. The van der Waals surface area contributed by atoms with Gasteiger partial charge in [-0.3, -0.25) is 9.48 Å². The van der Waals surface area contributed by atoms with Crippen molar-refractivity contribution in [1.29, 1.82) is 0 Å². The first-order chi connectivity index (χ1) is 9.60. The Kier molecular flexibility index (Phi) is 4.39. The van der Waals surface area contributed by atoms with Crippen LogP contribution in [0.15, 0.2) is 24.4 Å². The van der Waals surface area contributed by atoms with Gasteiger partial charge in [-0.2, -0.15) is 5.10 Å². The first-order valence-electron chi connectivity index (χ1n) is 6.18. The summed E-state index contributed by atoms with van der Waals surface area (Å²) in [6.45, 7) is 2.54. The van der Waals surface area contributed by atoms with Crippen LogP contribution in [-0.2, 0) is 6.54 Å². The lowest BCUT2D eigenvalue weighted by Gasteiger charge is -2.09. The van der Waals surface area contributed by atoms with Crippen LogP contribution in [0.5, 0.6) is 5.75 Å². The molecular formula is C14H14ClFN2O2. The molecule has 20 heavy (non-hydrogen) atoms. The van der Waals surface area contributed by atoms with Crippen molar-refractivity contribution < 1.29 is 13.9 Å². The number of hydrogen-bond donors (Lipinski definition) is 0. The summed E-state index contributed by atoms with van der Waals surface area (Å²) >= 11 is 5.86. The largest absolute Gasteiger partial charge is 0.493 e. The topological polar surface area (TPSA) is 44.1 Å². The monoisotopic (exact) mass is 296 g/mol. The van der Waals surface area contributed by atoms with Crippen LogP contribution in [0, 0.1) is 5.82 Å². The molecule has 0 aliphatic heterocycles. The van der Waals surface area contributed by atoms with Crippen LogP contribution in [-0.4, -0.2) is 22.7 Å². The third kappa shape index (κ3) is 2.54. The molecular weight excluding hydrogens is 283 g/mol. The fourth-order valence-corrected chi connectivity index (χ4v) is 2.15. The Balaban J connectivity index is 2.52. The first-order valence-corrected chi connectivity index (χ1v) is 6.56. The highest BCUT2D eigenvalue weighted by Crippen LogP contribution is 2.26. The number of methoxy groups -OCH3 is 1. The number of nitrogens with zero attached hydrogens (tertiary/aromatic N) is 2. The van der Waals surface area contributed by atoms with Gasteiger partial charge >= 0.3 is 0 Å². The molecule has 2 aromatic rings. The second-order valence-electron chi connectivity index (χ2n) is 4.22. The van der Waals surface area contributed by atoms with Crippen molar-refractivity contribution in [2.75, 3.05) is 7.11 Å². The molecule has 2 rings (SSSR count). The number of aromatic nitrogens is 2. The molecule has 0 saturated heterocycles. The van der Waals surface area contributed by atoms with Gasteiger partial charge in [0.05, 0.1) is 18.3 Å². The zero-order valence-electron chi connectivity index (χ0n) is 11.2. The highest BCUT2D eigenvalue weighted by molar-refractivity contribution is 6.35. The highest BCUT2D eigenvalue weighted by Gasteiger charge is 2.23. The molecule has 0 saturated carbocycles. The number of ketones is 1. The molecule has 1 heterocycles. The molecule has 6 heteroatoms. The lowest BCUT2D eigenvalue weighted by atomic mass is 10.1. The second kappa shape index (κ2) is 6.05. The SMILES string of the molecule is CCCn1ncc(OC)c1C(=O)c1cccc(F)c1Cl. The van der Waals surface area contributed by atoms with Crippen molar-refractivity contribution in [1.82, 2.24) is 9.78 Å². The van der Waals surface area contributed by atoms with Gasteiger partial charge in [0.15, 0.2) is 11.4 Å². The minimum atomic E-state index is -0.627. The number of rotatable bonds is 5. The van der Waals surface area contributed by atoms with Crippen molar-refractivity contribution in [3.05, 3.63) is 46.5 Å². The quantitative estimate of drug-likeness (QED) is 0.795. The van der Waals surface area contributed by atoms with E-state index >= 15 is 0 Å². The Morgan fingerprint density at radius 2 is 2.25 bits per heavy atom. The van der Waals surface area contributed by atoms with Crippen molar-refractivity contribution in [2.24, 2.45) is 0 Å². The van der Waals surface area contributed by atoms with Crippen LogP contribution in [0.1, 0.15) is 29.4 Å². The molecule has 4 nitrogen and oxygen atoms in total. The number of carbonyl (C=O) groups is 1. The standard InChI is InChI=1S/C14H14ClFN2O2/c1-3-7-18-13(11(20-2)8-17-18)14(19)9-5-4-6-10(16)12(9)15/h4-6,8H,3,7H2,1-2H3. The Bertz CT molecular complexity index is 640. The number of hydrogen-bond acceptors (Lipinski definition) is 3. The predicted molar refractivity (Wildman–Crippen MR) is 73.9 cm³/mol. The third-order valence-corrected chi connectivity index (χ3v) is 3.26. The molecule has 0 spiro atoms. The van der Waals surface area contributed by atoms with Gasteiger partial charge in [0.2, 0.25) is 5.78 Å². The third-order valence-electron chi connectivity index (χ3n) is 2.87. The average Bonchev–Trinajstić information content (AvgIpc) is 2.84. The maximum atomic E-state index is 13.5. The van der Waals surface area contributed by atoms with E-state index in [1.54, 1.807) is 4.68 Å². The van der Waals surface area contributed by atoms with Crippen molar-refractivity contribution in [2.45, 2.75) is 19.9 Å². The molecule has 0 aliphatic carbocycles. The highest BCUT2D eigenvalue weighted by atomic mass is 35.5. The fraction of sp³-hybridized carbons (Fsp3) is 0.286. The van der Waals surface area contributed by atoms with E-state index in [0.717, 1.165) is 6.42 Å². The second-order valence-corrected chi connectivity index (χ2v) is 4.59. The molecule has 0 bridgehead atoms. The first kappa shape index (κ1) is 14.5. The Morgan fingerprint density at radius 3 is 2.90 bits per heavy atom. The molecule has 0 radical (unpaired) electrons. The Morgan fingerprint density at radius 1 is 1.50 bits per heavy atom. The molecule has 1 aromatic carbocycles. The van der Waals surface area contributed by atoms with Gasteiger partial charge in [-0.15, -0.1) is 0 Å². The molecule has 0 atom stereocenters. The summed E-state index contributed by atoms with van der Waals surface area (Å²) in [5.41, 5.74) is 0.379. The molecule has 0 unspecified atom stereocenters. The van der Waals surface area contributed by atoms with Crippen molar-refractivity contribution in [3.63, 3.8) is 0 Å². The fourth-order valence-electron chi connectivity index (χ4n) is 1.93. The van der Waals surface area contributed by atoms with E-state index in [-0.39, 0.29) is 16.3 Å². The number of benzene rings is 1. The number of halogens is 2. The zero-order valence-corrected chi connectivity index (χ0v) is 11.9. The molecule has 0 amide bonds. The Labute approximate surface area is 121 Å². The van der Waals surface area contributed by atoms with Crippen LogP contribution in [0.3, 0.4) is 0 Å². The van der Waals surface area contributed by atoms with E-state index < -0.39 is 11.6 Å². The van der Waals surface area contributed by atoms with Gasteiger partial charge in [0.1, 0.15) is 5.82 Å². The average molecular weight is 297 g/mol. The van der Waals surface area contributed by atoms with Crippen LogP contribution < -0.4 is 4.74 Å². The normalized spacial score (nSPS) is 10.6. The van der Waals surface area contributed by atoms with E-state index in [2.05, 4.69) is 5.10 Å². The van der Waals surface area contributed by atoms with E-state index in [1.165, 1.54) is 31.5 Å². The van der Waals surface area contributed by atoms with Crippen molar-refractivity contribution >= 4 is 17.4 Å². The summed E-state index contributed by atoms with van der Waals surface area (Å²) in [5, 5.41) is 3.92. The predicted octanol–water partition coefficient (Wildman–Crippen LogP) is 3.33. The summed E-state index contributed by atoms with van der Waals surface area (Å²) in [5.74, 6) is -0.681. The Hall–Kier alpha value is -1.88. The number of carbonyl (C=O) groups excluding carboxylic acids is 1. The number of aryl methyl sites for hydroxylation is 1. The van der Waals surface area contributed by atoms with E-state index in [9.17, 15) is 9.18 Å². The van der Waals surface area contributed by atoms with Crippen molar-refractivity contribution in [3.8, 4) is 5.75 Å². The summed E-state index contributed by atoms with van der Waals surface area (Å²) in [6.07, 6.45) is 2.28. The summed E-state index contributed by atoms with van der Waals surface area (Å²) in [4.78, 5) is 12.6. The van der Waals surface area contributed by atoms with Gasteiger partial charge in [-0.25, -0.2) is 4.39 Å². The van der Waals surface area contributed by atoms with Gasteiger partial charge < -0.3 is 4.74 Å². The zero-order chi connectivity index (χ0) is 14.7. The lowest BCUT2D eigenvalue weighted by Crippen LogP contribution is -2.13. The van der Waals surface area contributed by atoms with Crippen LogP contribution >= 0.6 is 11.6 Å².